The van der Waals surface area contributed by atoms with Gasteiger partial charge in [0.05, 0.1) is 11.0 Å². The summed E-state index contributed by atoms with van der Waals surface area (Å²) in [5.74, 6) is 1.02. The Bertz CT molecular complexity index is 897. The van der Waals surface area contributed by atoms with Crippen molar-refractivity contribution in [3.8, 4) is 10.7 Å². The van der Waals surface area contributed by atoms with E-state index < -0.39 is 0 Å². The Morgan fingerprint density at radius 2 is 1.96 bits per heavy atom. The fraction of sp³-hybridized carbons (Fsp3) is 0.176. The lowest BCUT2D eigenvalue weighted by Gasteiger charge is -2.00. The largest absolute Gasteiger partial charge is 0.360 e. The summed E-state index contributed by atoms with van der Waals surface area (Å²) < 4.78 is 0. The summed E-state index contributed by atoms with van der Waals surface area (Å²) in [5, 5.41) is 13.3. The Morgan fingerprint density at radius 1 is 1.04 bits per heavy atom. The average molecular weight is 336 g/mol. The molecule has 3 heterocycles. The standard InChI is InChI=1S/C17H16N6S/c1-2-7-13-12(6-1)20-15(21-13)9-5-11-19-17-23-22-16(24-17)14-8-3-4-10-18-14/h1-4,6-8,10H,5,9,11H2,(H,19,23)(H,20,21). The molecule has 1 aromatic carbocycles. The number of aromatic nitrogens is 5. The SMILES string of the molecule is c1ccc(-c2nnc(NCCCc3nc4ccccc4[nH]3)s2)nc1. The summed E-state index contributed by atoms with van der Waals surface area (Å²) in [6.45, 7) is 0.827. The minimum atomic E-state index is 0.820. The van der Waals surface area contributed by atoms with Gasteiger partial charge in [-0.25, -0.2) is 4.98 Å². The summed E-state index contributed by atoms with van der Waals surface area (Å²) in [5.41, 5.74) is 2.96. The zero-order chi connectivity index (χ0) is 16.2. The molecular formula is C17H16N6S. The van der Waals surface area contributed by atoms with E-state index in [0.29, 0.717) is 0 Å². The molecule has 0 unspecified atom stereocenters. The highest BCUT2D eigenvalue weighted by molar-refractivity contribution is 7.18. The minimum Gasteiger partial charge on any atom is -0.360 e. The molecule has 4 aromatic rings. The number of pyridine rings is 1. The molecule has 0 spiro atoms. The summed E-state index contributed by atoms with van der Waals surface area (Å²) in [6.07, 6.45) is 3.63. The van der Waals surface area contributed by atoms with E-state index in [2.05, 4.69) is 30.5 Å². The Morgan fingerprint density at radius 3 is 2.83 bits per heavy atom. The van der Waals surface area contributed by atoms with Crippen LogP contribution < -0.4 is 5.32 Å². The van der Waals surface area contributed by atoms with E-state index in [4.69, 9.17) is 0 Å². The monoisotopic (exact) mass is 336 g/mol. The highest BCUT2D eigenvalue weighted by Crippen LogP contribution is 2.24. The van der Waals surface area contributed by atoms with Crippen molar-refractivity contribution in [1.29, 1.82) is 0 Å². The van der Waals surface area contributed by atoms with E-state index in [1.165, 1.54) is 11.3 Å². The number of fused-ring (bicyclic) bond motifs is 1. The van der Waals surface area contributed by atoms with Crippen LogP contribution in [-0.2, 0) is 6.42 Å². The number of nitrogens with one attached hydrogen (secondary N) is 2. The third-order valence-electron chi connectivity index (χ3n) is 3.61. The number of rotatable bonds is 6. The number of para-hydroxylation sites is 2. The first kappa shape index (κ1) is 14.8. The quantitative estimate of drug-likeness (QED) is 0.527. The van der Waals surface area contributed by atoms with Gasteiger partial charge in [-0.2, -0.15) is 0 Å². The van der Waals surface area contributed by atoms with E-state index in [9.17, 15) is 0 Å². The van der Waals surface area contributed by atoms with Crippen molar-refractivity contribution in [3.63, 3.8) is 0 Å². The van der Waals surface area contributed by atoms with Gasteiger partial charge in [0.15, 0.2) is 5.01 Å². The summed E-state index contributed by atoms with van der Waals surface area (Å²) in [6, 6.07) is 13.9. The van der Waals surface area contributed by atoms with Gasteiger partial charge in [-0.3, -0.25) is 4.98 Å². The topological polar surface area (TPSA) is 79.4 Å². The number of aromatic amines is 1. The maximum absolute atomic E-state index is 4.58. The number of hydrogen-bond donors (Lipinski definition) is 2. The first-order chi connectivity index (χ1) is 11.9. The second kappa shape index (κ2) is 6.76. The lowest BCUT2D eigenvalue weighted by atomic mass is 10.3. The maximum atomic E-state index is 4.58. The third kappa shape index (κ3) is 3.26. The maximum Gasteiger partial charge on any atom is 0.206 e. The lowest BCUT2D eigenvalue weighted by molar-refractivity contribution is 0.817. The second-order valence-electron chi connectivity index (χ2n) is 5.36. The Kier molecular flexibility index (Phi) is 4.16. The molecule has 24 heavy (non-hydrogen) atoms. The van der Waals surface area contributed by atoms with Crippen LogP contribution in [0, 0.1) is 0 Å². The Labute approximate surface area is 143 Å². The number of nitrogens with zero attached hydrogens (tertiary/aromatic N) is 4. The highest BCUT2D eigenvalue weighted by atomic mass is 32.1. The van der Waals surface area contributed by atoms with Crippen molar-refractivity contribution < 1.29 is 0 Å². The van der Waals surface area contributed by atoms with E-state index in [1.54, 1.807) is 6.20 Å². The second-order valence-corrected chi connectivity index (χ2v) is 6.34. The van der Waals surface area contributed by atoms with Crippen molar-refractivity contribution in [1.82, 2.24) is 25.1 Å². The summed E-state index contributed by atoms with van der Waals surface area (Å²) >= 11 is 1.52. The average Bonchev–Trinajstić information content (AvgIpc) is 3.26. The van der Waals surface area contributed by atoms with Crippen LogP contribution in [0.4, 0.5) is 5.13 Å². The predicted octanol–water partition coefficient (Wildman–Crippen LogP) is 3.52. The van der Waals surface area contributed by atoms with Crippen LogP contribution in [0.15, 0.2) is 48.7 Å². The molecule has 2 N–H and O–H groups in total. The molecule has 0 bridgehead atoms. The Hall–Kier alpha value is -2.80. The smallest absolute Gasteiger partial charge is 0.206 e. The van der Waals surface area contributed by atoms with Gasteiger partial charge in [0, 0.05) is 19.2 Å². The van der Waals surface area contributed by atoms with Crippen molar-refractivity contribution in [2.24, 2.45) is 0 Å². The molecular weight excluding hydrogens is 320 g/mol. The summed E-state index contributed by atoms with van der Waals surface area (Å²) in [7, 11) is 0. The number of aryl methyl sites for hydroxylation is 1. The van der Waals surface area contributed by atoms with Gasteiger partial charge in [0.1, 0.15) is 11.5 Å². The van der Waals surface area contributed by atoms with Gasteiger partial charge < -0.3 is 10.3 Å². The van der Waals surface area contributed by atoms with Gasteiger partial charge in [-0.15, -0.1) is 10.2 Å². The fourth-order valence-corrected chi connectivity index (χ4v) is 3.21. The van der Waals surface area contributed by atoms with Crippen LogP contribution >= 0.6 is 11.3 Å². The van der Waals surface area contributed by atoms with Crippen molar-refractivity contribution >= 4 is 27.5 Å². The zero-order valence-corrected chi connectivity index (χ0v) is 13.8. The van der Waals surface area contributed by atoms with Crippen molar-refractivity contribution in [2.75, 3.05) is 11.9 Å². The van der Waals surface area contributed by atoms with Crippen LogP contribution in [0.3, 0.4) is 0 Å². The Balaban J connectivity index is 1.30. The molecule has 6 nitrogen and oxygen atoms in total. The van der Waals surface area contributed by atoms with E-state index >= 15 is 0 Å². The third-order valence-corrected chi connectivity index (χ3v) is 4.52. The van der Waals surface area contributed by atoms with Gasteiger partial charge in [0.2, 0.25) is 5.13 Å². The predicted molar refractivity (Wildman–Crippen MR) is 96.0 cm³/mol. The first-order valence-electron chi connectivity index (χ1n) is 7.81. The number of imidazole rings is 1. The highest BCUT2D eigenvalue weighted by Gasteiger charge is 2.07. The van der Waals surface area contributed by atoms with Crippen molar-refractivity contribution in [2.45, 2.75) is 12.8 Å². The molecule has 0 amide bonds. The lowest BCUT2D eigenvalue weighted by Crippen LogP contribution is -2.03. The van der Waals surface area contributed by atoms with Crippen LogP contribution in [0.1, 0.15) is 12.2 Å². The minimum absolute atomic E-state index is 0.820. The molecule has 0 radical (unpaired) electrons. The molecule has 0 aliphatic heterocycles. The van der Waals surface area contributed by atoms with Crippen LogP contribution in [0.25, 0.3) is 21.7 Å². The van der Waals surface area contributed by atoms with Crippen molar-refractivity contribution in [3.05, 3.63) is 54.5 Å². The number of H-pyrrole nitrogens is 1. The van der Waals surface area contributed by atoms with Gasteiger partial charge in [-0.05, 0) is 30.7 Å². The van der Waals surface area contributed by atoms with Gasteiger partial charge in [-0.1, -0.05) is 29.5 Å². The molecule has 120 valence electrons. The first-order valence-corrected chi connectivity index (χ1v) is 8.62. The molecule has 0 aliphatic rings. The number of anilines is 1. The molecule has 4 rings (SSSR count). The summed E-state index contributed by atoms with van der Waals surface area (Å²) in [4.78, 5) is 12.2. The van der Waals surface area contributed by atoms with E-state index in [1.807, 2.05) is 42.5 Å². The molecule has 0 saturated heterocycles. The fourth-order valence-electron chi connectivity index (χ4n) is 2.46. The molecule has 7 heteroatoms. The molecule has 0 atom stereocenters. The van der Waals surface area contributed by atoms with Crippen LogP contribution in [-0.4, -0.2) is 31.7 Å². The van der Waals surface area contributed by atoms with Gasteiger partial charge >= 0.3 is 0 Å². The molecule has 0 fully saturated rings. The van der Waals surface area contributed by atoms with Gasteiger partial charge in [0.25, 0.3) is 0 Å². The van der Waals surface area contributed by atoms with Crippen LogP contribution in [0.2, 0.25) is 0 Å². The van der Waals surface area contributed by atoms with E-state index in [-0.39, 0.29) is 0 Å². The molecule has 3 aromatic heterocycles. The van der Waals surface area contributed by atoms with Crippen LogP contribution in [0.5, 0.6) is 0 Å². The number of benzene rings is 1. The molecule has 0 saturated carbocycles. The zero-order valence-electron chi connectivity index (χ0n) is 12.9. The van der Waals surface area contributed by atoms with E-state index in [0.717, 1.165) is 52.1 Å². The number of hydrogen-bond acceptors (Lipinski definition) is 6. The molecule has 0 aliphatic carbocycles. The normalized spacial score (nSPS) is 11.0.